The quantitative estimate of drug-likeness (QED) is 0.384. The van der Waals surface area contributed by atoms with Gasteiger partial charge in [-0.15, -0.1) is 0 Å². The number of imide groups is 1. The number of carbonyl (C=O) groups is 2. The molecule has 2 amide bonds. The van der Waals surface area contributed by atoms with E-state index < -0.39 is 0 Å². The van der Waals surface area contributed by atoms with E-state index in [-0.39, 0.29) is 35.5 Å². The summed E-state index contributed by atoms with van der Waals surface area (Å²) < 4.78 is 0. The number of hydrogen-bond acceptors (Lipinski definition) is 2. The van der Waals surface area contributed by atoms with Gasteiger partial charge >= 0.3 is 0 Å². The zero-order valence-corrected chi connectivity index (χ0v) is 21.5. The minimum absolute atomic E-state index is 0.00968. The van der Waals surface area contributed by atoms with Crippen LogP contribution in [0.1, 0.15) is 34.2 Å². The Kier molecular flexibility index (Phi) is 4.95. The van der Waals surface area contributed by atoms with Gasteiger partial charge in [0.05, 0.1) is 17.5 Å². The molecular formula is C34H31NO2. The summed E-state index contributed by atoms with van der Waals surface area (Å²) in [5, 5.41) is 0. The number of carbonyl (C=O) groups excluding carboxylic acids is 2. The molecule has 1 heterocycles. The second-order valence-electron chi connectivity index (χ2n) is 11.5. The Morgan fingerprint density at radius 1 is 0.568 bits per heavy atom. The molecule has 6 atom stereocenters. The van der Waals surface area contributed by atoms with E-state index in [0.29, 0.717) is 17.5 Å². The molecule has 37 heavy (non-hydrogen) atoms. The first-order valence-electron chi connectivity index (χ1n) is 13.4. The molecule has 3 aromatic rings. The first kappa shape index (κ1) is 22.5. The van der Waals surface area contributed by atoms with Gasteiger partial charge in [0.25, 0.3) is 0 Å². The van der Waals surface area contributed by atoms with E-state index in [4.69, 9.17) is 0 Å². The van der Waals surface area contributed by atoms with Crippen LogP contribution in [-0.4, -0.2) is 11.8 Å². The van der Waals surface area contributed by atoms with E-state index in [2.05, 4.69) is 74.5 Å². The normalized spacial score (nSPS) is 31.7. The van der Waals surface area contributed by atoms with Gasteiger partial charge in [0.2, 0.25) is 11.8 Å². The molecule has 0 radical (unpaired) electrons. The van der Waals surface area contributed by atoms with Crippen molar-refractivity contribution >= 4 is 29.7 Å². The highest BCUT2D eigenvalue weighted by Gasteiger charge is 2.71. The van der Waals surface area contributed by atoms with Crippen LogP contribution in [0, 0.1) is 56.3 Å². The lowest BCUT2D eigenvalue weighted by Crippen LogP contribution is -2.45. The van der Waals surface area contributed by atoms with Crippen LogP contribution in [0.2, 0.25) is 0 Å². The number of anilines is 1. The molecular weight excluding hydrogens is 454 g/mol. The Balaban J connectivity index is 1.29. The van der Waals surface area contributed by atoms with Crippen LogP contribution < -0.4 is 4.90 Å². The largest absolute Gasteiger partial charge is 0.274 e. The number of aryl methyl sites for hydroxylation is 3. The van der Waals surface area contributed by atoms with Crippen LogP contribution >= 0.6 is 0 Å². The van der Waals surface area contributed by atoms with E-state index in [1.54, 1.807) is 0 Å². The lowest BCUT2D eigenvalue weighted by atomic mass is 9.54. The minimum Gasteiger partial charge on any atom is -0.274 e. The Labute approximate surface area is 218 Å². The highest BCUT2D eigenvalue weighted by Crippen LogP contribution is 2.71. The summed E-state index contributed by atoms with van der Waals surface area (Å²) in [4.78, 5) is 28.9. The van der Waals surface area contributed by atoms with E-state index in [0.717, 1.165) is 12.0 Å². The van der Waals surface area contributed by atoms with Crippen molar-refractivity contribution in [3.63, 3.8) is 0 Å². The summed E-state index contributed by atoms with van der Waals surface area (Å²) >= 11 is 0. The maximum absolute atomic E-state index is 13.7. The topological polar surface area (TPSA) is 37.4 Å². The van der Waals surface area contributed by atoms with Crippen LogP contribution in [0.3, 0.4) is 0 Å². The van der Waals surface area contributed by atoms with Crippen LogP contribution in [0.5, 0.6) is 0 Å². The van der Waals surface area contributed by atoms with E-state index in [9.17, 15) is 9.59 Å². The van der Waals surface area contributed by atoms with Crippen LogP contribution in [0.15, 0.2) is 83.9 Å². The maximum Gasteiger partial charge on any atom is 0.237 e. The van der Waals surface area contributed by atoms with Crippen molar-refractivity contribution < 1.29 is 9.59 Å². The Morgan fingerprint density at radius 3 is 1.35 bits per heavy atom. The van der Waals surface area contributed by atoms with Crippen molar-refractivity contribution in [2.24, 2.45) is 35.5 Å². The number of hydrogen-bond donors (Lipinski definition) is 0. The molecule has 0 N–H and O–H groups in total. The van der Waals surface area contributed by atoms with Crippen molar-refractivity contribution in [3.8, 4) is 0 Å². The van der Waals surface area contributed by atoms with Crippen LogP contribution in [0.4, 0.5) is 5.69 Å². The van der Waals surface area contributed by atoms with Gasteiger partial charge in [-0.2, -0.15) is 0 Å². The standard InChI is InChI=1S/C34H31NO2/c1-19-4-10-22(11-5-19)16-25-26(17-23-12-6-20(2)7-13-23)30-28-18-27(29(25)30)31-32(28)34(37)35(33(31)36)24-14-8-21(3)9-15-24/h4-17,27-32H,18H2,1-3H3/b25-16+,26-17+/t27-,28+,29+,30-,31+,32-. The Hall–Kier alpha value is -3.72. The third-order valence-corrected chi connectivity index (χ3v) is 9.32. The van der Waals surface area contributed by atoms with Gasteiger partial charge in [0, 0.05) is 0 Å². The summed E-state index contributed by atoms with van der Waals surface area (Å²) in [5.74, 6) is 0.797. The number of nitrogens with zero attached hydrogens (tertiary/aromatic N) is 1. The van der Waals surface area contributed by atoms with Gasteiger partial charge in [0.1, 0.15) is 0 Å². The van der Waals surface area contributed by atoms with Crippen LogP contribution in [0.25, 0.3) is 12.2 Å². The monoisotopic (exact) mass is 485 g/mol. The fourth-order valence-corrected chi connectivity index (χ4v) is 7.62. The molecule has 0 aromatic heterocycles. The molecule has 0 unspecified atom stereocenters. The lowest BCUT2D eigenvalue weighted by Gasteiger charge is -2.48. The average molecular weight is 486 g/mol. The summed E-state index contributed by atoms with van der Waals surface area (Å²) in [6.07, 6.45) is 5.63. The molecule has 3 nitrogen and oxygen atoms in total. The molecule has 4 aliphatic rings. The van der Waals surface area contributed by atoms with Crippen molar-refractivity contribution in [2.45, 2.75) is 27.2 Å². The van der Waals surface area contributed by atoms with Gasteiger partial charge in [-0.1, -0.05) is 89.5 Å². The number of allylic oxidation sites excluding steroid dienone is 2. The molecule has 7 rings (SSSR count). The highest BCUT2D eigenvalue weighted by atomic mass is 16.2. The molecule has 184 valence electrons. The SMILES string of the molecule is Cc1ccc(/C=C2\C(=C/c3ccc(C)cc3)[C@H]3[C@H]4C[C@H]([C@H]5C(=O)N(c6ccc(C)cc6)C(=O)[C@@H]45)[C@@H]23)cc1. The number of fused-ring (bicyclic) bond motifs is 8. The summed E-state index contributed by atoms with van der Waals surface area (Å²) in [7, 11) is 0. The third-order valence-electron chi connectivity index (χ3n) is 9.32. The predicted molar refractivity (Wildman–Crippen MR) is 148 cm³/mol. The van der Waals surface area contributed by atoms with Gasteiger partial charge in [-0.3, -0.25) is 14.5 Å². The lowest BCUT2D eigenvalue weighted by molar-refractivity contribution is -0.123. The minimum atomic E-state index is -0.192. The zero-order valence-electron chi connectivity index (χ0n) is 21.5. The summed E-state index contributed by atoms with van der Waals surface area (Å²) in [6.45, 7) is 6.24. The fraction of sp³-hybridized carbons (Fsp3) is 0.294. The molecule has 3 saturated carbocycles. The third kappa shape index (κ3) is 3.33. The molecule has 1 aliphatic heterocycles. The Bertz CT molecular complexity index is 1380. The molecule has 4 fully saturated rings. The first-order chi connectivity index (χ1) is 17.9. The molecule has 2 bridgehead atoms. The van der Waals surface area contributed by atoms with Gasteiger partial charge in [-0.25, -0.2) is 0 Å². The van der Waals surface area contributed by atoms with Crippen molar-refractivity contribution in [3.05, 3.63) is 112 Å². The van der Waals surface area contributed by atoms with Crippen molar-refractivity contribution in [2.75, 3.05) is 4.90 Å². The number of rotatable bonds is 3. The molecule has 3 heteroatoms. The van der Waals surface area contributed by atoms with Gasteiger partial charge in [0.15, 0.2) is 0 Å². The fourth-order valence-electron chi connectivity index (χ4n) is 7.62. The first-order valence-corrected chi connectivity index (χ1v) is 13.4. The smallest absolute Gasteiger partial charge is 0.237 e. The highest BCUT2D eigenvalue weighted by molar-refractivity contribution is 6.22. The summed E-state index contributed by atoms with van der Waals surface area (Å²) in [6, 6.07) is 25.1. The maximum atomic E-state index is 13.7. The Morgan fingerprint density at radius 2 is 0.946 bits per heavy atom. The van der Waals surface area contributed by atoms with E-state index in [1.165, 1.54) is 38.3 Å². The van der Waals surface area contributed by atoms with Crippen molar-refractivity contribution in [1.82, 2.24) is 0 Å². The number of benzene rings is 3. The summed E-state index contributed by atoms with van der Waals surface area (Å²) in [5.41, 5.74) is 9.44. The molecule has 3 aliphatic carbocycles. The van der Waals surface area contributed by atoms with Gasteiger partial charge < -0.3 is 0 Å². The molecule has 1 saturated heterocycles. The predicted octanol–water partition coefficient (Wildman–Crippen LogP) is 6.78. The van der Waals surface area contributed by atoms with E-state index in [1.807, 2.05) is 31.2 Å². The molecule has 0 spiro atoms. The second-order valence-corrected chi connectivity index (χ2v) is 11.5. The zero-order chi connectivity index (χ0) is 25.4. The van der Waals surface area contributed by atoms with Crippen LogP contribution in [-0.2, 0) is 9.59 Å². The van der Waals surface area contributed by atoms with Crippen molar-refractivity contribution in [1.29, 1.82) is 0 Å². The second kappa shape index (κ2) is 8.14. The van der Waals surface area contributed by atoms with E-state index >= 15 is 0 Å². The number of amides is 2. The molecule has 3 aromatic carbocycles. The average Bonchev–Trinajstić information content (AvgIpc) is 3.51. The van der Waals surface area contributed by atoms with Gasteiger partial charge in [-0.05, 0) is 85.3 Å².